The van der Waals surface area contributed by atoms with E-state index in [-0.39, 0.29) is 5.41 Å². The number of rotatable bonds is 18. The summed E-state index contributed by atoms with van der Waals surface area (Å²) in [7, 11) is 0. The third-order valence-electron chi connectivity index (χ3n) is 8.85. The molecular formula is C35H53N3. The predicted molar refractivity (Wildman–Crippen MR) is 161 cm³/mol. The number of hydrogen-bond donors (Lipinski definition) is 0. The molecule has 38 heavy (non-hydrogen) atoms. The Morgan fingerprint density at radius 2 is 1.26 bits per heavy atom. The zero-order valence-electron chi connectivity index (χ0n) is 24.5. The van der Waals surface area contributed by atoms with Gasteiger partial charge in [0.25, 0.3) is 0 Å². The molecule has 1 aliphatic carbocycles. The van der Waals surface area contributed by atoms with E-state index in [9.17, 15) is 5.26 Å². The molecule has 0 atom stereocenters. The number of unbranched alkanes of at least 4 members (excludes halogenated alkanes) is 12. The van der Waals surface area contributed by atoms with Crippen molar-refractivity contribution in [1.82, 2.24) is 9.97 Å². The summed E-state index contributed by atoms with van der Waals surface area (Å²) in [4.78, 5) is 9.35. The van der Waals surface area contributed by atoms with Crippen LogP contribution in [0, 0.1) is 16.7 Å². The van der Waals surface area contributed by atoms with Crippen molar-refractivity contribution in [2.45, 2.75) is 148 Å². The topological polar surface area (TPSA) is 49.6 Å². The summed E-state index contributed by atoms with van der Waals surface area (Å²) >= 11 is 0. The van der Waals surface area contributed by atoms with Crippen LogP contribution in [0.2, 0.25) is 0 Å². The SMILES string of the molecule is CCCCCCCCCCc1cnc(-c2ccc(C3CCC(C#N)(CCCCCCCC)CC3)cc2)nc1. The molecule has 3 nitrogen and oxygen atoms in total. The van der Waals surface area contributed by atoms with Crippen LogP contribution < -0.4 is 0 Å². The standard InChI is InChI=1S/C35H53N3/c1-3-5-7-9-11-12-13-15-17-30-27-37-34(38-28-30)33-20-18-31(19-21-33)32-22-25-35(29-36,26-23-32)24-16-14-10-8-6-4-2/h18-21,27-28,32H,3-17,22-26H2,1-2H3. The molecule has 3 rings (SSSR count). The quantitative estimate of drug-likeness (QED) is 0.185. The van der Waals surface area contributed by atoms with Crippen LogP contribution in [0.4, 0.5) is 0 Å². The molecule has 208 valence electrons. The van der Waals surface area contributed by atoms with Crippen molar-refractivity contribution in [2.75, 3.05) is 0 Å². The molecule has 0 saturated heterocycles. The molecule has 0 radical (unpaired) electrons. The minimum atomic E-state index is -0.0780. The van der Waals surface area contributed by atoms with E-state index >= 15 is 0 Å². The van der Waals surface area contributed by atoms with Crippen LogP contribution in [0.3, 0.4) is 0 Å². The predicted octanol–water partition coefficient (Wildman–Crippen LogP) is 10.7. The van der Waals surface area contributed by atoms with E-state index in [1.54, 1.807) is 0 Å². The lowest BCUT2D eigenvalue weighted by atomic mass is 9.67. The fourth-order valence-electron chi connectivity index (χ4n) is 6.17. The molecule has 3 heteroatoms. The monoisotopic (exact) mass is 515 g/mol. The highest BCUT2D eigenvalue weighted by Crippen LogP contribution is 2.45. The van der Waals surface area contributed by atoms with Crippen LogP contribution in [0.25, 0.3) is 11.4 Å². The van der Waals surface area contributed by atoms with E-state index in [0.29, 0.717) is 5.92 Å². The van der Waals surface area contributed by atoms with E-state index < -0.39 is 0 Å². The van der Waals surface area contributed by atoms with Gasteiger partial charge in [0.2, 0.25) is 0 Å². The van der Waals surface area contributed by atoms with E-state index in [1.165, 1.54) is 101 Å². The Kier molecular flexibility index (Phi) is 13.9. The van der Waals surface area contributed by atoms with Crippen molar-refractivity contribution in [1.29, 1.82) is 5.26 Å². The van der Waals surface area contributed by atoms with E-state index in [0.717, 1.165) is 49.9 Å². The fourth-order valence-corrected chi connectivity index (χ4v) is 6.17. The number of hydrogen-bond acceptors (Lipinski definition) is 3. The molecule has 0 unspecified atom stereocenters. The lowest BCUT2D eigenvalue weighted by molar-refractivity contribution is 0.223. The van der Waals surface area contributed by atoms with Crippen LogP contribution in [-0.4, -0.2) is 9.97 Å². The lowest BCUT2D eigenvalue weighted by Gasteiger charge is -2.35. The number of nitrogens with zero attached hydrogens (tertiary/aromatic N) is 3. The summed E-state index contributed by atoms with van der Waals surface area (Å²) in [5.41, 5.74) is 3.68. The van der Waals surface area contributed by atoms with E-state index in [1.807, 2.05) is 12.4 Å². The van der Waals surface area contributed by atoms with Crippen molar-refractivity contribution in [3.8, 4) is 17.5 Å². The summed E-state index contributed by atoms with van der Waals surface area (Å²) < 4.78 is 0. The van der Waals surface area contributed by atoms with Gasteiger partial charge in [0.05, 0.1) is 11.5 Å². The van der Waals surface area contributed by atoms with Crippen LogP contribution in [0.15, 0.2) is 36.7 Å². The third-order valence-corrected chi connectivity index (χ3v) is 8.85. The Morgan fingerprint density at radius 1 is 0.737 bits per heavy atom. The van der Waals surface area contributed by atoms with Crippen LogP contribution in [-0.2, 0) is 6.42 Å². The van der Waals surface area contributed by atoms with Gasteiger partial charge in [-0.15, -0.1) is 0 Å². The maximum Gasteiger partial charge on any atom is 0.159 e. The normalized spacial score (nSPS) is 19.3. The maximum absolute atomic E-state index is 9.97. The molecule has 0 aliphatic heterocycles. The Labute approximate surface area is 233 Å². The molecule has 1 fully saturated rings. The van der Waals surface area contributed by atoms with Gasteiger partial charge in [-0.05, 0) is 62.0 Å². The maximum atomic E-state index is 9.97. The minimum absolute atomic E-state index is 0.0780. The summed E-state index contributed by atoms with van der Waals surface area (Å²) in [6.07, 6.45) is 29.2. The van der Waals surface area contributed by atoms with Crippen molar-refractivity contribution in [3.63, 3.8) is 0 Å². The van der Waals surface area contributed by atoms with Gasteiger partial charge in [-0.2, -0.15) is 5.26 Å². The smallest absolute Gasteiger partial charge is 0.159 e. The first-order chi connectivity index (χ1) is 18.7. The summed E-state index contributed by atoms with van der Waals surface area (Å²) in [6.45, 7) is 4.54. The number of benzene rings is 1. The Hall–Kier alpha value is -2.21. The third kappa shape index (κ3) is 10.2. The van der Waals surface area contributed by atoms with Gasteiger partial charge in [0, 0.05) is 18.0 Å². The van der Waals surface area contributed by atoms with Crippen LogP contribution in [0.5, 0.6) is 0 Å². The molecule has 0 amide bonds. The molecule has 1 aliphatic rings. The molecule has 0 bridgehead atoms. The van der Waals surface area contributed by atoms with Crippen molar-refractivity contribution in [2.24, 2.45) is 5.41 Å². The minimum Gasteiger partial charge on any atom is -0.236 e. The molecule has 1 aromatic heterocycles. The summed E-state index contributed by atoms with van der Waals surface area (Å²) in [6, 6.07) is 11.6. The highest BCUT2D eigenvalue weighted by molar-refractivity contribution is 5.55. The van der Waals surface area contributed by atoms with Crippen LogP contribution in [0.1, 0.15) is 153 Å². The molecule has 2 aromatic rings. The lowest BCUT2D eigenvalue weighted by Crippen LogP contribution is -2.25. The highest BCUT2D eigenvalue weighted by Gasteiger charge is 2.35. The van der Waals surface area contributed by atoms with E-state index in [2.05, 4.69) is 54.2 Å². The number of aryl methyl sites for hydroxylation is 1. The molecule has 1 heterocycles. The Balaban J connectivity index is 1.40. The van der Waals surface area contributed by atoms with Gasteiger partial charge >= 0.3 is 0 Å². The highest BCUT2D eigenvalue weighted by atomic mass is 14.9. The fraction of sp³-hybridized carbons (Fsp3) is 0.686. The number of nitriles is 1. The van der Waals surface area contributed by atoms with Crippen molar-refractivity contribution >= 4 is 0 Å². The molecule has 0 spiro atoms. The molecular weight excluding hydrogens is 462 g/mol. The first-order valence-corrected chi connectivity index (χ1v) is 16.0. The average molecular weight is 516 g/mol. The van der Waals surface area contributed by atoms with Crippen molar-refractivity contribution in [3.05, 3.63) is 47.8 Å². The zero-order valence-corrected chi connectivity index (χ0v) is 24.5. The molecule has 1 aromatic carbocycles. The van der Waals surface area contributed by atoms with Crippen molar-refractivity contribution < 1.29 is 0 Å². The Bertz CT molecular complexity index is 917. The van der Waals surface area contributed by atoms with Gasteiger partial charge in [0.1, 0.15) is 0 Å². The largest absolute Gasteiger partial charge is 0.236 e. The first-order valence-electron chi connectivity index (χ1n) is 16.0. The van der Waals surface area contributed by atoms with Gasteiger partial charge in [-0.25, -0.2) is 9.97 Å². The average Bonchev–Trinajstić information content (AvgIpc) is 2.97. The van der Waals surface area contributed by atoms with E-state index in [4.69, 9.17) is 0 Å². The number of aromatic nitrogens is 2. The van der Waals surface area contributed by atoms with Crippen LogP contribution >= 0.6 is 0 Å². The Morgan fingerprint density at radius 3 is 1.82 bits per heavy atom. The molecule has 0 N–H and O–H groups in total. The van der Waals surface area contributed by atoms with Gasteiger partial charge in [-0.1, -0.05) is 122 Å². The first kappa shape index (κ1) is 30.3. The van der Waals surface area contributed by atoms with Gasteiger partial charge < -0.3 is 0 Å². The summed E-state index contributed by atoms with van der Waals surface area (Å²) in [5, 5.41) is 9.97. The second-order valence-electron chi connectivity index (χ2n) is 11.9. The molecule has 1 saturated carbocycles. The van der Waals surface area contributed by atoms with Gasteiger partial charge in [-0.3, -0.25) is 0 Å². The second-order valence-corrected chi connectivity index (χ2v) is 11.9. The van der Waals surface area contributed by atoms with Gasteiger partial charge in [0.15, 0.2) is 5.82 Å². The zero-order chi connectivity index (χ0) is 26.9. The second kappa shape index (κ2) is 17.4. The summed E-state index contributed by atoms with van der Waals surface area (Å²) in [5.74, 6) is 1.40.